The van der Waals surface area contributed by atoms with Crippen LogP contribution in [-0.4, -0.2) is 26.6 Å². The number of carbonyl (C=O) groups excluding carboxylic acids is 1. The lowest BCUT2D eigenvalue weighted by Crippen LogP contribution is -2.55. The maximum atomic E-state index is 12.9. The topological polar surface area (TPSA) is 63.2 Å². The maximum Gasteiger partial charge on any atom is 0.253 e. The molecule has 1 amide bonds. The van der Waals surface area contributed by atoms with E-state index in [1.54, 1.807) is 0 Å². The van der Waals surface area contributed by atoms with E-state index in [4.69, 9.17) is 11.6 Å². The molecule has 1 aromatic carbocycles. The fourth-order valence-electron chi connectivity index (χ4n) is 6.04. The van der Waals surface area contributed by atoms with Crippen LogP contribution in [0, 0.1) is 23.2 Å². The molecule has 5 rings (SSSR count). The number of rotatable bonds is 4. The Morgan fingerprint density at radius 1 is 1.15 bits per heavy atom. The summed E-state index contributed by atoms with van der Waals surface area (Å²) < 4.78 is 23.6. The van der Waals surface area contributed by atoms with Crippen LogP contribution in [0.15, 0.2) is 23.1 Å². The molecule has 1 N–H and O–H groups in total. The lowest BCUT2D eigenvalue weighted by Gasteiger charge is -2.59. The summed E-state index contributed by atoms with van der Waals surface area (Å²) in [6, 6.07) is 4.39. The second kappa shape index (κ2) is 6.23. The molecule has 4 aliphatic carbocycles. The summed E-state index contributed by atoms with van der Waals surface area (Å²) in [5.74, 6) is 2.18. The van der Waals surface area contributed by atoms with E-state index >= 15 is 0 Å². The molecule has 0 spiro atoms. The standard InChI is InChI=1S/C20H26ClNO3S/c1-12(20-9-13-5-14(10-20)7-15(6-13)11-20)22-19(23)17-8-16(26(2,24)25)3-4-18(17)21/h3-4,8,12-15H,5-7,9-11H2,1-2H3,(H,22,23)/t12-,13?,14?,15?,20?/m0/s1. The fourth-order valence-corrected chi connectivity index (χ4v) is 6.90. The summed E-state index contributed by atoms with van der Waals surface area (Å²) in [6.45, 7) is 2.11. The first-order valence-electron chi connectivity index (χ1n) is 9.47. The Morgan fingerprint density at radius 3 is 2.19 bits per heavy atom. The van der Waals surface area contributed by atoms with E-state index < -0.39 is 9.84 Å². The van der Waals surface area contributed by atoms with Gasteiger partial charge < -0.3 is 5.32 Å². The molecule has 26 heavy (non-hydrogen) atoms. The van der Waals surface area contributed by atoms with Gasteiger partial charge in [-0.3, -0.25) is 4.79 Å². The van der Waals surface area contributed by atoms with Gasteiger partial charge in [-0.1, -0.05) is 11.6 Å². The highest BCUT2D eigenvalue weighted by Gasteiger charge is 2.53. The van der Waals surface area contributed by atoms with E-state index in [2.05, 4.69) is 12.2 Å². The molecule has 4 nitrogen and oxygen atoms in total. The number of nitrogens with one attached hydrogen (secondary N) is 1. The van der Waals surface area contributed by atoms with Crippen molar-refractivity contribution >= 4 is 27.3 Å². The van der Waals surface area contributed by atoms with Gasteiger partial charge in [-0.2, -0.15) is 0 Å². The molecule has 0 radical (unpaired) electrons. The molecule has 6 heteroatoms. The molecule has 4 bridgehead atoms. The molecule has 4 fully saturated rings. The smallest absolute Gasteiger partial charge is 0.253 e. The van der Waals surface area contributed by atoms with Gasteiger partial charge in [0, 0.05) is 12.3 Å². The Hall–Kier alpha value is -1.07. The minimum Gasteiger partial charge on any atom is -0.349 e. The molecule has 1 atom stereocenters. The van der Waals surface area contributed by atoms with E-state index in [1.165, 1.54) is 56.7 Å². The van der Waals surface area contributed by atoms with Crippen molar-refractivity contribution in [2.24, 2.45) is 23.2 Å². The van der Waals surface area contributed by atoms with Crippen LogP contribution < -0.4 is 5.32 Å². The van der Waals surface area contributed by atoms with E-state index in [9.17, 15) is 13.2 Å². The van der Waals surface area contributed by atoms with Crippen LogP contribution in [0.1, 0.15) is 55.8 Å². The van der Waals surface area contributed by atoms with Gasteiger partial charge in [-0.15, -0.1) is 0 Å². The first-order chi connectivity index (χ1) is 12.2. The highest BCUT2D eigenvalue weighted by Crippen LogP contribution is 2.61. The average Bonchev–Trinajstić information content (AvgIpc) is 2.52. The largest absolute Gasteiger partial charge is 0.349 e. The van der Waals surface area contributed by atoms with Crippen molar-refractivity contribution in [3.8, 4) is 0 Å². The van der Waals surface area contributed by atoms with Gasteiger partial charge in [0.05, 0.1) is 15.5 Å². The molecule has 4 aliphatic rings. The van der Waals surface area contributed by atoms with E-state index in [1.807, 2.05) is 0 Å². The van der Waals surface area contributed by atoms with Crippen LogP contribution in [0.5, 0.6) is 0 Å². The van der Waals surface area contributed by atoms with Crippen molar-refractivity contribution in [1.29, 1.82) is 0 Å². The van der Waals surface area contributed by atoms with Gasteiger partial charge in [-0.05, 0) is 86.8 Å². The van der Waals surface area contributed by atoms with Gasteiger partial charge >= 0.3 is 0 Å². The quantitative estimate of drug-likeness (QED) is 0.835. The van der Waals surface area contributed by atoms with Crippen LogP contribution in [0.4, 0.5) is 0 Å². The third-order valence-corrected chi connectivity index (χ3v) is 8.40. The normalized spacial score (nSPS) is 33.9. The zero-order valence-electron chi connectivity index (χ0n) is 15.3. The monoisotopic (exact) mass is 395 g/mol. The first kappa shape index (κ1) is 18.3. The van der Waals surface area contributed by atoms with Crippen molar-refractivity contribution in [2.45, 2.75) is 56.4 Å². The van der Waals surface area contributed by atoms with Crippen LogP contribution >= 0.6 is 11.6 Å². The minimum atomic E-state index is -3.38. The van der Waals surface area contributed by atoms with Gasteiger partial charge in [0.15, 0.2) is 9.84 Å². The van der Waals surface area contributed by atoms with E-state index in [-0.39, 0.29) is 32.8 Å². The number of amides is 1. The van der Waals surface area contributed by atoms with Gasteiger partial charge in [0.2, 0.25) is 0 Å². The highest BCUT2D eigenvalue weighted by molar-refractivity contribution is 7.90. The maximum absolute atomic E-state index is 12.9. The second-order valence-electron chi connectivity index (χ2n) is 8.89. The zero-order chi connectivity index (χ0) is 18.7. The molecule has 0 aromatic heterocycles. The molecule has 1 aromatic rings. The molecule has 0 unspecified atom stereocenters. The number of halogens is 1. The first-order valence-corrected chi connectivity index (χ1v) is 11.7. The minimum absolute atomic E-state index is 0.0707. The number of carbonyl (C=O) groups is 1. The lowest BCUT2D eigenvalue weighted by molar-refractivity contribution is -0.0688. The third-order valence-electron chi connectivity index (χ3n) is 6.96. The molecule has 0 aliphatic heterocycles. The summed E-state index contributed by atoms with van der Waals surface area (Å²) in [4.78, 5) is 13.0. The molecular formula is C20H26ClNO3S. The van der Waals surface area contributed by atoms with Crippen LogP contribution in [0.2, 0.25) is 5.02 Å². The van der Waals surface area contributed by atoms with E-state index in [0.29, 0.717) is 0 Å². The number of sulfone groups is 1. The Morgan fingerprint density at radius 2 is 1.69 bits per heavy atom. The lowest BCUT2D eigenvalue weighted by atomic mass is 9.48. The second-order valence-corrected chi connectivity index (χ2v) is 11.3. The van der Waals surface area contributed by atoms with Crippen molar-refractivity contribution in [3.63, 3.8) is 0 Å². The molecule has 142 valence electrons. The predicted octanol–water partition coefficient (Wildman–Crippen LogP) is 4.08. The van der Waals surface area contributed by atoms with Gasteiger partial charge in [0.1, 0.15) is 0 Å². The van der Waals surface area contributed by atoms with Crippen LogP contribution in [-0.2, 0) is 9.84 Å². The average molecular weight is 396 g/mol. The number of hydrogen-bond acceptors (Lipinski definition) is 3. The van der Waals surface area contributed by atoms with Crippen molar-refractivity contribution < 1.29 is 13.2 Å². The summed E-state index contributed by atoms with van der Waals surface area (Å²) in [7, 11) is -3.38. The predicted molar refractivity (Wildman–Crippen MR) is 102 cm³/mol. The van der Waals surface area contributed by atoms with Crippen LogP contribution in [0.3, 0.4) is 0 Å². The Bertz CT molecular complexity index is 813. The van der Waals surface area contributed by atoms with Crippen molar-refractivity contribution in [1.82, 2.24) is 5.32 Å². The van der Waals surface area contributed by atoms with Crippen molar-refractivity contribution in [2.75, 3.05) is 6.26 Å². The van der Waals surface area contributed by atoms with Gasteiger partial charge in [-0.25, -0.2) is 8.42 Å². The fraction of sp³-hybridized carbons (Fsp3) is 0.650. The highest BCUT2D eigenvalue weighted by atomic mass is 35.5. The third kappa shape index (κ3) is 3.18. The molecular weight excluding hydrogens is 370 g/mol. The Labute approximate surface area is 160 Å². The summed E-state index contributed by atoms with van der Waals surface area (Å²) in [6.07, 6.45) is 8.84. The Balaban J connectivity index is 1.55. The number of hydrogen-bond donors (Lipinski definition) is 1. The summed E-state index contributed by atoms with van der Waals surface area (Å²) in [5.41, 5.74) is 0.442. The molecule has 4 saturated carbocycles. The van der Waals surface area contributed by atoms with E-state index in [0.717, 1.165) is 24.0 Å². The zero-order valence-corrected chi connectivity index (χ0v) is 16.9. The van der Waals surface area contributed by atoms with Crippen LogP contribution in [0.25, 0.3) is 0 Å². The number of benzene rings is 1. The molecule has 0 saturated heterocycles. The SMILES string of the molecule is C[C@H](NC(=O)c1cc(S(C)(=O)=O)ccc1Cl)C12CC3CC(CC(C3)C1)C2. The summed E-state index contributed by atoms with van der Waals surface area (Å²) >= 11 is 6.19. The van der Waals surface area contributed by atoms with Crippen molar-refractivity contribution in [3.05, 3.63) is 28.8 Å². The van der Waals surface area contributed by atoms with Gasteiger partial charge in [0.25, 0.3) is 5.91 Å². The Kier molecular flexibility index (Phi) is 4.39. The molecule has 0 heterocycles. The summed E-state index contributed by atoms with van der Waals surface area (Å²) in [5, 5.41) is 3.44.